The van der Waals surface area contributed by atoms with Crippen LogP contribution in [-0.2, 0) is 22.5 Å². The van der Waals surface area contributed by atoms with Gasteiger partial charge in [0.05, 0.1) is 12.7 Å². The standard InChI is InChI=1S/C16H15FN2O4S/c1-22-13(20)9-23-14-12(8-10-2-4-11(17)5-3-10)15(21)19-6-7-24-16(19)18-14/h2-5H,6-9H2,1H3. The lowest BCUT2D eigenvalue weighted by molar-refractivity contribution is -0.143. The minimum atomic E-state index is -0.558. The number of benzene rings is 1. The topological polar surface area (TPSA) is 70.4 Å². The van der Waals surface area contributed by atoms with Crippen molar-refractivity contribution in [1.29, 1.82) is 0 Å². The predicted octanol–water partition coefficient (Wildman–Crippen LogP) is 1.63. The van der Waals surface area contributed by atoms with E-state index >= 15 is 0 Å². The highest BCUT2D eigenvalue weighted by Crippen LogP contribution is 2.26. The molecular formula is C16H15FN2O4S. The van der Waals surface area contributed by atoms with Gasteiger partial charge in [0, 0.05) is 18.7 Å². The maximum atomic E-state index is 13.1. The van der Waals surface area contributed by atoms with Gasteiger partial charge in [0.15, 0.2) is 11.8 Å². The monoisotopic (exact) mass is 350 g/mol. The molecular weight excluding hydrogens is 335 g/mol. The molecule has 8 heteroatoms. The number of thioether (sulfide) groups is 1. The molecule has 24 heavy (non-hydrogen) atoms. The SMILES string of the molecule is COC(=O)COc1nc2n(c(=O)c1Cc1ccc(F)cc1)CCS2. The number of carbonyl (C=O) groups excluding carboxylic acids is 1. The molecule has 0 bridgehead atoms. The first kappa shape index (κ1) is 16.5. The zero-order chi connectivity index (χ0) is 17.1. The lowest BCUT2D eigenvalue weighted by Crippen LogP contribution is -2.26. The van der Waals surface area contributed by atoms with Crippen LogP contribution in [-0.4, -0.2) is 35.0 Å². The van der Waals surface area contributed by atoms with Crippen LogP contribution in [0.3, 0.4) is 0 Å². The van der Waals surface area contributed by atoms with Crippen LogP contribution in [0, 0.1) is 5.82 Å². The number of methoxy groups -OCH3 is 1. The van der Waals surface area contributed by atoms with Crippen molar-refractivity contribution in [2.24, 2.45) is 0 Å². The van der Waals surface area contributed by atoms with Crippen molar-refractivity contribution in [3.8, 4) is 5.88 Å². The third-order valence-corrected chi connectivity index (χ3v) is 4.54. The number of hydrogen-bond donors (Lipinski definition) is 0. The van der Waals surface area contributed by atoms with E-state index in [2.05, 4.69) is 9.72 Å². The van der Waals surface area contributed by atoms with Gasteiger partial charge in [-0.3, -0.25) is 9.36 Å². The second-order valence-electron chi connectivity index (χ2n) is 5.15. The average Bonchev–Trinajstić information content (AvgIpc) is 3.06. The van der Waals surface area contributed by atoms with E-state index in [0.29, 0.717) is 17.3 Å². The van der Waals surface area contributed by atoms with Crippen LogP contribution in [0.15, 0.2) is 34.2 Å². The molecule has 0 aliphatic carbocycles. The van der Waals surface area contributed by atoms with E-state index in [1.807, 2.05) is 0 Å². The van der Waals surface area contributed by atoms with E-state index in [0.717, 1.165) is 11.3 Å². The summed E-state index contributed by atoms with van der Waals surface area (Å²) in [5.74, 6) is -0.0205. The molecule has 1 aliphatic heterocycles. The number of halogens is 1. The lowest BCUT2D eigenvalue weighted by Gasteiger charge is -2.12. The molecule has 1 aliphatic rings. The van der Waals surface area contributed by atoms with Crippen LogP contribution >= 0.6 is 11.8 Å². The molecule has 3 rings (SSSR count). The molecule has 1 aromatic heterocycles. The normalized spacial score (nSPS) is 12.8. The molecule has 0 saturated heterocycles. The van der Waals surface area contributed by atoms with Crippen molar-refractivity contribution >= 4 is 17.7 Å². The molecule has 0 unspecified atom stereocenters. The summed E-state index contributed by atoms with van der Waals surface area (Å²) in [5, 5.41) is 0.572. The third-order valence-electron chi connectivity index (χ3n) is 3.58. The van der Waals surface area contributed by atoms with E-state index in [9.17, 15) is 14.0 Å². The average molecular weight is 350 g/mol. The van der Waals surface area contributed by atoms with Gasteiger partial charge in [-0.2, -0.15) is 4.98 Å². The fourth-order valence-corrected chi connectivity index (χ4v) is 3.29. The Morgan fingerprint density at radius 1 is 1.38 bits per heavy atom. The van der Waals surface area contributed by atoms with Crippen LogP contribution in [0.2, 0.25) is 0 Å². The third kappa shape index (κ3) is 3.43. The van der Waals surface area contributed by atoms with Gasteiger partial charge < -0.3 is 9.47 Å². The summed E-state index contributed by atoms with van der Waals surface area (Å²) in [4.78, 5) is 28.4. The number of fused-ring (bicyclic) bond motifs is 1. The highest BCUT2D eigenvalue weighted by atomic mass is 32.2. The van der Waals surface area contributed by atoms with E-state index in [-0.39, 0.29) is 30.3 Å². The first-order valence-electron chi connectivity index (χ1n) is 7.29. The fourth-order valence-electron chi connectivity index (χ4n) is 2.35. The van der Waals surface area contributed by atoms with E-state index in [4.69, 9.17) is 4.74 Å². The van der Waals surface area contributed by atoms with Crippen molar-refractivity contribution in [1.82, 2.24) is 9.55 Å². The number of carbonyl (C=O) groups is 1. The number of aromatic nitrogens is 2. The molecule has 0 N–H and O–H groups in total. The van der Waals surface area contributed by atoms with Crippen molar-refractivity contribution in [2.75, 3.05) is 19.5 Å². The first-order valence-corrected chi connectivity index (χ1v) is 8.27. The number of esters is 1. The van der Waals surface area contributed by atoms with E-state index in [1.54, 1.807) is 16.7 Å². The van der Waals surface area contributed by atoms with Crippen molar-refractivity contribution in [2.45, 2.75) is 18.1 Å². The Labute approximate surface area is 141 Å². The summed E-state index contributed by atoms with van der Waals surface area (Å²) in [6.45, 7) is 0.257. The molecule has 0 atom stereocenters. The number of rotatable bonds is 5. The van der Waals surface area contributed by atoms with Gasteiger partial charge in [-0.15, -0.1) is 0 Å². The summed E-state index contributed by atoms with van der Waals surface area (Å²) in [6.07, 6.45) is 0.244. The second-order valence-corrected chi connectivity index (χ2v) is 6.21. The van der Waals surface area contributed by atoms with Crippen LogP contribution in [0.4, 0.5) is 4.39 Å². The highest BCUT2D eigenvalue weighted by molar-refractivity contribution is 7.99. The summed E-state index contributed by atoms with van der Waals surface area (Å²) in [5.41, 5.74) is 0.898. The Morgan fingerprint density at radius 3 is 2.83 bits per heavy atom. The Hall–Kier alpha value is -2.35. The Bertz CT molecular complexity index is 820. The summed E-state index contributed by atoms with van der Waals surface area (Å²) < 4.78 is 24.6. The first-order chi connectivity index (χ1) is 11.6. The quantitative estimate of drug-likeness (QED) is 0.603. The minimum Gasteiger partial charge on any atom is -0.466 e. The maximum absolute atomic E-state index is 13.1. The van der Waals surface area contributed by atoms with Crippen LogP contribution in [0.5, 0.6) is 5.88 Å². The smallest absolute Gasteiger partial charge is 0.343 e. The minimum absolute atomic E-state index is 0.121. The number of nitrogens with zero attached hydrogens (tertiary/aromatic N) is 2. The molecule has 6 nitrogen and oxygen atoms in total. The summed E-state index contributed by atoms with van der Waals surface area (Å²) >= 11 is 1.46. The van der Waals surface area contributed by atoms with Crippen LogP contribution in [0.1, 0.15) is 11.1 Å². The van der Waals surface area contributed by atoms with E-state index in [1.165, 1.54) is 31.0 Å². The largest absolute Gasteiger partial charge is 0.466 e. The van der Waals surface area contributed by atoms with Gasteiger partial charge in [0.2, 0.25) is 5.88 Å². The second kappa shape index (κ2) is 7.04. The van der Waals surface area contributed by atoms with Gasteiger partial charge in [0.1, 0.15) is 5.82 Å². The van der Waals surface area contributed by atoms with E-state index < -0.39 is 5.97 Å². The van der Waals surface area contributed by atoms with Crippen LogP contribution in [0.25, 0.3) is 0 Å². The maximum Gasteiger partial charge on any atom is 0.343 e. The molecule has 0 radical (unpaired) electrons. The molecule has 0 saturated carbocycles. The lowest BCUT2D eigenvalue weighted by atomic mass is 10.1. The summed E-state index contributed by atoms with van der Waals surface area (Å²) in [7, 11) is 1.26. The Balaban J connectivity index is 1.96. The predicted molar refractivity (Wildman–Crippen MR) is 85.9 cm³/mol. The number of ether oxygens (including phenoxy) is 2. The van der Waals surface area contributed by atoms with Gasteiger partial charge in [-0.05, 0) is 17.7 Å². The van der Waals surface area contributed by atoms with Crippen LogP contribution < -0.4 is 10.3 Å². The van der Waals surface area contributed by atoms with Gasteiger partial charge in [0.25, 0.3) is 5.56 Å². The number of hydrogen-bond acceptors (Lipinski definition) is 6. The molecule has 126 valence electrons. The van der Waals surface area contributed by atoms with Gasteiger partial charge >= 0.3 is 5.97 Å². The molecule has 2 heterocycles. The summed E-state index contributed by atoms with van der Waals surface area (Å²) in [6, 6.07) is 5.87. The van der Waals surface area contributed by atoms with Crippen molar-refractivity contribution in [3.63, 3.8) is 0 Å². The zero-order valence-electron chi connectivity index (χ0n) is 13.0. The molecule has 0 amide bonds. The molecule has 0 fully saturated rings. The van der Waals surface area contributed by atoms with Crippen molar-refractivity contribution in [3.05, 3.63) is 51.6 Å². The molecule has 2 aromatic rings. The highest BCUT2D eigenvalue weighted by Gasteiger charge is 2.22. The van der Waals surface area contributed by atoms with Crippen molar-refractivity contribution < 1.29 is 18.7 Å². The molecule has 0 spiro atoms. The Kier molecular flexibility index (Phi) is 4.84. The fraction of sp³-hybridized carbons (Fsp3) is 0.312. The van der Waals surface area contributed by atoms with Gasteiger partial charge in [-0.25, -0.2) is 9.18 Å². The zero-order valence-corrected chi connectivity index (χ0v) is 13.8. The molecule has 1 aromatic carbocycles. The van der Waals surface area contributed by atoms with Gasteiger partial charge in [-0.1, -0.05) is 23.9 Å². The Morgan fingerprint density at radius 2 is 2.12 bits per heavy atom.